The van der Waals surface area contributed by atoms with Crippen molar-refractivity contribution >= 4 is 37.5 Å². The second-order valence-electron chi connectivity index (χ2n) is 4.76. The summed E-state index contributed by atoms with van der Waals surface area (Å²) in [7, 11) is 0. The van der Waals surface area contributed by atoms with Crippen molar-refractivity contribution in [1.29, 1.82) is 0 Å². The standard InChI is InChI=1S/C16H14BrNOS/c17-12-7-5-11(6-8-12)9-13(19)10-16-18-14-3-1-2-4-15(14)20-16/h1-8,13,19H,9-10H2. The number of fused-ring (bicyclic) bond motifs is 1. The van der Waals surface area contributed by atoms with Gasteiger partial charge in [-0.15, -0.1) is 11.3 Å². The molecule has 1 aromatic heterocycles. The molecule has 0 fully saturated rings. The molecule has 4 heteroatoms. The van der Waals surface area contributed by atoms with E-state index in [2.05, 4.69) is 27.0 Å². The second kappa shape index (κ2) is 6.04. The Morgan fingerprint density at radius 3 is 2.55 bits per heavy atom. The van der Waals surface area contributed by atoms with Crippen molar-refractivity contribution in [3.63, 3.8) is 0 Å². The summed E-state index contributed by atoms with van der Waals surface area (Å²) < 4.78 is 2.24. The summed E-state index contributed by atoms with van der Waals surface area (Å²) in [5, 5.41) is 11.2. The van der Waals surface area contributed by atoms with Crippen LogP contribution in [0.4, 0.5) is 0 Å². The minimum absolute atomic E-state index is 0.392. The van der Waals surface area contributed by atoms with Crippen LogP contribution < -0.4 is 0 Å². The van der Waals surface area contributed by atoms with E-state index in [1.54, 1.807) is 11.3 Å². The molecule has 1 heterocycles. The molecule has 20 heavy (non-hydrogen) atoms. The predicted octanol–water partition coefficient (Wildman–Crippen LogP) is 4.20. The maximum atomic E-state index is 10.2. The maximum absolute atomic E-state index is 10.2. The Bertz CT molecular complexity index is 675. The van der Waals surface area contributed by atoms with Gasteiger partial charge in [0.2, 0.25) is 0 Å². The third-order valence-corrected chi connectivity index (χ3v) is 4.72. The highest BCUT2D eigenvalue weighted by molar-refractivity contribution is 9.10. The van der Waals surface area contributed by atoms with Gasteiger partial charge in [-0.25, -0.2) is 4.98 Å². The van der Waals surface area contributed by atoms with Crippen LogP contribution in [0.1, 0.15) is 10.6 Å². The molecule has 0 amide bonds. The second-order valence-corrected chi connectivity index (χ2v) is 6.79. The van der Waals surface area contributed by atoms with Gasteiger partial charge in [0.1, 0.15) is 0 Å². The fourth-order valence-electron chi connectivity index (χ4n) is 2.17. The number of rotatable bonds is 4. The first-order chi connectivity index (χ1) is 9.70. The Kier molecular flexibility index (Phi) is 4.15. The average Bonchev–Trinajstić information content (AvgIpc) is 2.83. The molecule has 0 saturated carbocycles. The molecule has 0 radical (unpaired) electrons. The zero-order valence-electron chi connectivity index (χ0n) is 10.8. The van der Waals surface area contributed by atoms with E-state index in [4.69, 9.17) is 0 Å². The number of hydrogen-bond acceptors (Lipinski definition) is 3. The number of para-hydroxylation sites is 1. The van der Waals surface area contributed by atoms with Gasteiger partial charge >= 0.3 is 0 Å². The normalized spacial score (nSPS) is 12.7. The van der Waals surface area contributed by atoms with Gasteiger partial charge < -0.3 is 5.11 Å². The summed E-state index contributed by atoms with van der Waals surface area (Å²) in [5.74, 6) is 0. The van der Waals surface area contributed by atoms with Crippen LogP contribution in [0.2, 0.25) is 0 Å². The summed E-state index contributed by atoms with van der Waals surface area (Å²) in [6, 6.07) is 16.2. The van der Waals surface area contributed by atoms with Crippen LogP contribution in [0.5, 0.6) is 0 Å². The summed E-state index contributed by atoms with van der Waals surface area (Å²) in [6.07, 6.45) is 0.871. The van der Waals surface area contributed by atoms with Crippen LogP contribution in [-0.2, 0) is 12.8 Å². The molecule has 0 aliphatic rings. The molecule has 0 aliphatic carbocycles. The molecule has 2 aromatic carbocycles. The van der Waals surface area contributed by atoms with Crippen molar-refractivity contribution in [1.82, 2.24) is 4.98 Å². The molecule has 0 spiro atoms. The fraction of sp³-hybridized carbons (Fsp3) is 0.188. The highest BCUT2D eigenvalue weighted by Gasteiger charge is 2.10. The molecule has 0 bridgehead atoms. The molecule has 3 rings (SSSR count). The highest BCUT2D eigenvalue weighted by Crippen LogP contribution is 2.23. The minimum Gasteiger partial charge on any atom is -0.392 e. The van der Waals surface area contributed by atoms with Gasteiger partial charge in [-0.05, 0) is 36.2 Å². The lowest BCUT2D eigenvalue weighted by Crippen LogP contribution is -2.13. The van der Waals surface area contributed by atoms with Gasteiger partial charge in [-0.3, -0.25) is 0 Å². The van der Waals surface area contributed by atoms with E-state index in [9.17, 15) is 5.11 Å². The van der Waals surface area contributed by atoms with E-state index in [1.165, 1.54) is 4.70 Å². The lowest BCUT2D eigenvalue weighted by molar-refractivity contribution is 0.175. The number of hydrogen-bond donors (Lipinski definition) is 1. The molecule has 2 nitrogen and oxygen atoms in total. The third kappa shape index (κ3) is 3.26. The molecule has 1 N–H and O–H groups in total. The summed E-state index contributed by atoms with van der Waals surface area (Å²) in [5.41, 5.74) is 2.16. The van der Waals surface area contributed by atoms with E-state index >= 15 is 0 Å². The van der Waals surface area contributed by atoms with Crippen LogP contribution >= 0.6 is 27.3 Å². The van der Waals surface area contributed by atoms with Crippen molar-refractivity contribution in [2.75, 3.05) is 0 Å². The van der Waals surface area contributed by atoms with Crippen molar-refractivity contribution in [2.24, 2.45) is 0 Å². The van der Waals surface area contributed by atoms with Crippen LogP contribution in [0, 0.1) is 0 Å². The number of thiazole rings is 1. The van der Waals surface area contributed by atoms with E-state index in [-0.39, 0.29) is 0 Å². The molecular weight excluding hydrogens is 334 g/mol. The molecule has 0 saturated heterocycles. The Labute approximate surface area is 130 Å². The Morgan fingerprint density at radius 2 is 1.80 bits per heavy atom. The van der Waals surface area contributed by atoms with Crippen molar-refractivity contribution in [3.05, 3.63) is 63.6 Å². The molecule has 0 aliphatic heterocycles. The molecule has 1 atom stereocenters. The number of aromatic nitrogens is 1. The lowest BCUT2D eigenvalue weighted by atomic mass is 10.1. The van der Waals surface area contributed by atoms with E-state index in [1.807, 2.05) is 42.5 Å². The first-order valence-corrected chi connectivity index (χ1v) is 8.08. The number of aliphatic hydroxyl groups excluding tert-OH is 1. The van der Waals surface area contributed by atoms with Gasteiger partial charge in [0.15, 0.2) is 0 Å². The van der Waals surface area contributed by atoms with Crippen molar-refractivity contribution < 1.29 is 5.11 Å². The van der Waals surface area contributed by atoms with Gasteiger partial charge in [-0.1, -0.05) is 40.2 Å². The number of aliphatic hydroxyl groups is 1. The first kappa shape index (κ1) is 13.7. The summed E-state index contributed by atoms with van der Waals surface area (Å²) >= 11 is 5.07. The maximum Gasteiger partial charge on any atom is 0.0964 e. The highest BCUT2D eigenvalue weighted by atomic mass is 79.9. The van der Waals surface area contributed by atoms with Gasteiger partial charge in [0, 0.05) is 10.9 Å². The zero-order chi connectivity index (χ0) is 13.9. The quantitative estimate of drug-likeness (QED) is 0.766. The zero-order valence-corrected chi connectivity index (χ0v) is 13.2. The average molecular weight is 348 g/mol. The topological polar surface area (TPSA) is 33.1 Å². The van der Waals surface area contributed by atoms with E-state index in [0.29, 0.717) is 12.8 Å². The minimum atomic E-state index is -0.392. The number of nitrogens with zero attached hydrogens (tertiary/aromatic N) is 1. The van der Waals surface area contributed by atoms with E-state index in [0.717, 1.165) is 20.6 Å². The van der Waals surface area contributed by atoms with Crippen LogP contribution in [0.25, 0.3) is 10.2 Å². The van der Waals surface area contributed by atoms with Crippen LogP contribution in [0.3, 0.4) is 0 Å². The lowest BCUT2D eigenvalue weighted by Gasteiger charge is -2.08. The monoisotopic (exact) mass is 347 g/mol. The Hall–Kier alpha value is -1.23. The molecule has 3 aromatic rings. The number of halogens is 1. The van der Waals surface area contributed by atoms with Crippen LogP contribution in [-0.4, -0.2) is 16.2 Å². The first-order valence-electron chi connectivity index (χ1n) is 6.47. The molecule has 102 valence electrons. The van der Waals surface area contributed by atoms with Crippen molar-refractivity contribution in [2.45, 2.75) is 18.9 Å². The van der Waals surface area contributed by atoms with Crippen molar-refractivity contribution in [3.8, 4) is 0 Å². The summed E-state index contributed by atoms with van der Waals surface area (Å²) in [6.45, 7) is 0. The predicted molar refractivity (Wildman–Crippen MR) is 87.2 cm³/mol. The van der Waals surface area contributed by atoms with Gasteiger partial charge in [-0.2, -0.15) is 0 Å². The van der Waals surface area contributed by atoms with Crippen LogP contribution in [0.15, 0.2) is 53.0 Å². The van der Waals surface area contributed by atoms with Gasteiger partial charge in [0.05, 0.1) is 21.3 Å². The number of benzene rings is 2. The fourth-order valence-corrected chi connectivity index (χ4v) is 3.48. The largest absolute Gasteiger partial charge is 0.392 e. The SMILES string of the molecule is OC(Cc1ccc(Br)cc1)Cc1nc2ccccc2s1. The Balaban J connectivity index is 1.69. The molecular formula is C16H14BrNOS. The smallest absolute Gasteiger partial charge is 0.0964 e. The van der Waals surface area contributed by atoms with Gasteiger partial charge in [0.25, 0.3) is 0 Å². The molecule has 1 unspecified atom stereocenters. The summed E-state index contributed by atoms with van der Waals surface area (Å²) in [4.78, 5) is 4.56. The van der Waals surface area contributed by atoms with E-state index < -0.39 is 6.10 Å². The Morgan fingerprint density at radius 1 is 1.05 bits per heavy atom. The third-order valence-electron chi connectivity index (χ3n) is 3.13.